The molecule has 0 saturated carbocycles. The van der Waals surface area contributed by atoms with Crippen molar-refractivity contribution in [1.82, 2.24) is 5.32 Å². The quantitative estimate of drug-likeness (QED) is 0.889. The lowest BCUT2D eigenvalue weighted by Crippen LogP contribution is -2.24. The Morgan fingerprint density at radius 3 is 2.18 bits per heavy atom. The van der Waals surface area contributed by atoms with Gasteiger partial charge in [0.2, 0.25) is 5.91 Å². The Kier molecular flexibility index (Phi) is 5.41. The van der Waals surface area contributed by atoms with Gasteiger partial charge in [-0.3, -0.25) is 4.79 Å². The summed E-state index contributed by atoms with van der Waals surface area (Å²) in [5.41, 5.74) is 1.47. The SMILES string of the molecule is O=C(Cc1ccc(OC(F)F)cc1)NCc1ccc(F)cc1. The summed E-state index contributed by atoms with van der Waals surface area (Å²) in [5.74, 6) is -0.501. The number of nitrogens with one attached hydrogen (secondary N) is 1. The summed E-state index contributed by atoms with van der Waals surface area (Å²) < 4.78 is 41.0. The highest BCUT2D eigenvalue weighted by molar-refractivity contribution is 5.78. The van der Waals surface area contributed by atoms with Crippen molar-refractivity contribution in [2.24, 2.45) is 0 Å². The molecule has 0 spiro atoms. The van der Waals surface area contributed by atoms with Gasteiger partial charge in [-0.15, -0.1) is 0 Å². The minimum atomic E-state index is -2.87. The lowest BCUT2D eigenvalue weighted by molar-refractivity contribution is -0.120. The monoisotopic (exact) mass is 309 g/mol. The van der Waals surface area contributed by atoms with E-state index in [2.05, 4.69) is 10.1 Å². The summed E-state index contributed by atoms with van der Waals surface area (Å²) in [6.45, 7) is -2.57. The van der Waals surface area contributed by atoms with Crippen LogP contribution in [0.3, 0.4) is 0 Å². The molecular formula is C16H14F3NO2. The van der Waals surface area contributed by atoms with Gasteiger partial charge < -0.3 is 10.1 Å². The van der Waals surface area contributed by atoms with Crippen LogP contribution < -0.4 is 10.1 Å². The van der Waals surface area contributed by atoms with E-state index in [-0.39, 0.29) is 23.9 Å². The first-order chi connectivity index (χ1) is 10.5. The Hall–Kier alpha value is -2.50. The van der Waals surface area contributed by atoms with Crippen molar-refractivity contribution < 1.29 is 22.7 Å². The van der Waals surface area contributed by atoms with Gasteiger partial charge in [0.1, 0.15) is 11.6 Å². The fourth-order valence-corrected chi connectivity index (χ4v) is 1.84. The van der Waals surface area contributed by atoms with Gasteiger partial charge in [-0.1, -0.05) is 24.3 Å². The summed E-state index contributed by atoms with van der Waals surface area (Å²) in [4.78, 5) is 11.8. The molecule has 0 atom stereocenters. The van der Waals surface area contributed by atoms with Crippen LogP contribution in [0.25, 0.3) is 0 Å². The molecule has 0 aliphatic carbocycles. The summed E-state index contributed by atoms with van der Waals surface area (Å²) in [6, 6.07) is 11.7. The summed E-state index contributed by atoms with van der Waals surface area (Å²) in [5, 5.41) is 2.70. The van der Waals surface area contributed by atoms with Gasteiger partial charge in [-0.05, 0) is 35.4 Å². The molecule has 0 unspecified atom stereocenters. The first kappa shape index (κ1) is 15.9. The van der Waals surface area contributed by atoms with Gasteiger partial charge in [0.05, 0.1) is 6.42 Å². The first-order valence-corrected chi connectivity index (χ1v) is 6.58. The number of amides is 1. The zero-order chi connectivity index (χ0) is 15.9. The van der Waals surface area contributed by atoms with Crippen molar-refractivity contribution in [2.45, 2.75) is 19.6 Å². The zero-order valence-corrected chi connectivity index (χ0v) is 11.6. The molecule has 0 aliphatic heterocycles. The number of benzene rings is 2. The molecule has 2 aromatic carbocycles. The first-order valence-electron chi connectivity index (χ1n) is 6.58. The number of hydrogen-bond acceptors (Lipinski definition) is 2. The Morgan fingerprint density at radius 1 is 1.00 bits per heavy atom. The Labute approximate surface area is 125 Å². The van der Waals surface area contributed by atoms with Crippen LogP contribution in [-0.2, 0) is 17.8 Å². The van der Waals surface area contributed by atoms with E-state index in [0.717, 1.165) is 5.56 Å². The number of alkyl halides is 2. The third-order valence-electron chi connectivity index (χ3n) is 2.92. The molecular weight excluding hydrogens is 295 g/mol. The molecule has 0 aliphatic rings. The van der Waals surface area contributed by atoms with Crippen molar-refractivity contribution in [3.8, 4) is 5.75 Å². The Bertz CT molecular complexity index is 612. The molecule has 0 bridgehead atoms. The van der Waals surface area contributed by atoms with Crippen LogP contribution in [0, 0.1) is 5.82 Å². The second kappa shape index (κ2) is 7.49. The molecule has 2 rings (SSSR count). The highest BCUT2D eigenvalue weighted by atomic mass is 19.3. The fraction of sp³-hybridized carbons (Fsp3) is 0.188. The van der Waals surface area contributed by atoms with E-state index in [1.165, 1.54) is 24.3 Å². The molecule has 2 aromatic rings. The molecule has 1 amide bonds. The van der Waals surface area contributed by atoms with Gasteiger partial charge >= 0.3 is 6.61 Å². The zero-order valence-electron chi connectivity index (χ0n) is 11.6. The normalized spacial score (nSPS) is 10.5. The fourth-order valence-electron chi connectivity index (χ4n) is 1.84. The second-order valence-electron chi connectivity index (χ2n) is 4.60. The maximum Gasteiger partial charge on any atom is 0.387 e. The number of rotatable bonds is 6. The molecule has 0 heterocycles. The Morgan fingerprint density at radius 2 is 1.59 bits per heavy atom. The number of carbonyl (C=O) groups is 1. The smallest absolute Gasteiger partial charge is 0.387 e. The highest BCUT2D eigenvalue weighted by Gasteiger charge is 2.06. The van der Waals surface area contributed by atoms with Crippen LogP contribution in [-0.4, -0.2) is 12.5 Å². The summed E-state index contributed by atoms with van der Waals surface area (Å²) in [6.07, 6.45) is 0.121. The van der Waals surface area contributed by atoms with Crippen molar-refractivity contribution in [3.63, 3.8) is 0 Å². The predicted octanol–water partition coefficient (Wildman–Crippen LogP) is 3.29. The van der Waals surface area contributed by atoms with E-state index in [1.54, 1.807) is 24.3 Å². The van der Waals surface area contributed by atoms with Crippen LogP contribution in [0.15, 0.2) is 48.5 Å². The van der Waals surface area contributed by atoms with E-state index in [0.29, 0.717) is 12.1 Å². The number of hydrogen-bond donors (Lipinski definition) is 1. The van der Waals surface area contributed by atoms with E-state index in [9.17, 15) is 18.0 Å². The number of ether oxygens (including phenoxy) is 1. The van der Waals surface area contributed by atoms with Gasteiger partial charge in [-0.2, -0.15) is 8.78 Å². The molecule has 3 nitrogen and oxygen atoms in total. The van der Waals surface area contributed by atoms with Crippen molar-refractivity contribution in [3.05, 3.63) is 65.5 Å². The van der Waals surface area contributed by atoms with Gasteiger partial charge in [0.25, 0.3) is 0 Å². The Balaban J connectivity index is 1.82. The molecule has 116 valence electrons. The van der Waals surface area contributed by atoms with E-state index < -0.39 is 6.61 Å². The maximum absolute atomic E-state index is 12.7. The molecule has 0 fully saturated rings. The van der Waals surface area contributed by atoms with Crippen molar-refractivity contribution in [1.29, 1.82) is 0 Å². The van der Waals surface area contributed by atoms with Gasteiger partial charge in [-0.25, -0.2) is 4.39 Å². The van der Waals surface area contributed by atoms with Gasteiger partial charge in [0, 0.05) is 6.54 Å². The third-order valence-corrected chi connectivity index (χ3v) is 2.92. The van der Waals surface area contributed by atoms with Crippen LogP contribution in [0.2, 0.25) is 0 Å². The van der Waals surface area contributed by atoms with E-state index >= 15 is 0 Å². The van der Waals surface area contributed by atoms with Crippen LogP contribution >= 0.6 is 0 Å². The van der Waals surface area contributed by atoms with Crippen LogP contribution in [0.1, 0.15) is 11.1 Å². The predicted molar refractivity (Wildman–Crippen MR) is 75.0 cm³/mol. The van der Waals surface area contributed by atoms with Crippen LogP contribution in [0.5, 0.6) is 5.75 Å². The highest BCUT2D eigenvalue weighted by Crippen LogP contribution is 2.15. The minimum Gasteiger partial charge on any atom is -0.435 e. The molecule has 0 aromatic heterocycles. The third kappa shape index (κ3) is 5.12. The maximum atomic E-state index is 12.7. The number of carbonyl (C=O) groups excluding carboxylic acids is 1. The van der Waals surface area contributed by atoms with Crippen molar-refractivity contribution >= 4 is 5.91 Å². The number of halogens is 3. The van der Waals surface area contributed by atoms with Crippen LogP contribution in [0.4, 0.5) is 13.2 Å². The topological polar surface area (TPSA) is 38.3 Å². The van der Waals surface area contributed by atoms with E-state index in [4.69, 9.17) is 0 Å². The lowest BCUT2D eigenvalue weighted by atomic mass is 10.1. The van der Waals surface area contributed by atoms with Gasteiger partial charge in [0.15, 0.2) is 0 Å². The van der Waals surface area contributed by atoms with E-state index in [1.807, 2.05) is 0 Å². The minimum absolute atomic E-state index is 0.0467. The average molecular weight is 309 g/mol. The molecule has 6 heteroatoms. The molecule has 1 N–H and O–H groups in total. The average Bonchev–Trinajstić information content (AvgIpc) is 2.48. The molecule has 0 radical (unpaired) electrons. The summed E-state index contributed by atoms with van der Waals surface area (Å²) in [7, 11) is 0. The second-order valence-corrected chi connectivity index (χ2v) is 4.60. The lowest BCUT2D eigenvalue weighted by Gasteiger charge is -2.07. The molecule has 0 saturated heterocycles. The molecule has 22 heavy (non-hydrogen) atoms. The van der Waals surface area contributed by atoms with Crippen molar-refractivity contribution in [2.75, 3.05) is 0 Å². The summed E-state index contributed by atoms with van der Waals surface area (Å²) >= 11 is 0. The standard InChI is InChI=1S/C16H14F3NO2/c17-13-5-1-12(2-6-13)10-20-15(21)9-11-3-7-14(8-4-11)22-16(18)19/h1-8,16H,9-10H2,(H,20,21). The largest absolute Gasteiger partial charge is 0.435 e.